The van der Waals surface area contributed by atoms with E-state index in [1.54, 1.807) is 0 Å². The van der Waals surface area contributed by atoms with Gasteiger partial charge in [-0.3, -0.25) is 0 Å². The Morgan fingerprint density at radius 3 is 2.65 bits per heavy atom. The van der Waals surface area contributed by atoms with Crippen LogP contribution < -0.4 is 11.1 Å². The van der Waals surface area contributed by atoms with E-state index in [-0.39, 0.29) is 5.54 Å². The Bertz CT molecular complexity index is 581. The van der Waals surface area contributed by atoms with Crippen LogP contribution >= 0.6 is 0 Å². The van der Waals surface area contributed by atoms with Crippen LogP contribution in [0.4, 0.5) is 0 Å². The monoisotopic (exact) mass is 272 g/mol. The molecule has 1 heterocycles. The lowest BCUT2D eigenvalue weighted by molar-refractivity contribution is 0.508. The van der Waals surface area contributed by atoms with Gasteiger partial charge in [0, 0.05) is 11.1 Å². The van der Waals surface area contributed by atoms with Crippen molar-refractivity contribution in [2.24, 2.45) is 10.7 Å². The number of guanidine groups is 1. The number of nitrogens with two attached hydrogens (primary N) is 1. The molecule has 2 aromatic rings. The maximum atomic E-state index is 5.85. The summed E-state index contributed by atoms with van der Waals surface area (Å²) in [4.78, 5) is 8.50. The first-order chi connectivity index (χ1) is 9.46. The summed E-state index contributed by atoms with van der Waals surface area (Å²) in [7, 11) is 0. The standard InChI is InChI=1S/C15H20N4O/c1-15(2,3)19-14(16)17-9-12-13(20-10-18-12)11-7-5-4-6-8-11/h4-8,10H,9H2,1-3H3,(H3,16,17,19). The number of nitrogens with zero attached hydrogens (tertiary/aromatic N) is 2. The second-order valence-electron chi connectivity index (χ2n) is 5.57. The third kappa shape index (κ3) is 3.85. The normalized spacial score (nSPS) is 12.4. The van der Waals surface area contributed by atoms with Crippen molar-refractivity contribution < 1.29 is 4.42 Å². The van der Waals surface area contributed by atoms with E-state index < -0.39 is 0 Å². The maximum absolute atomic E-state index is 5.85. The topological polar surface area (TPSA) is 76.4 Å². The first-order valence-electron chi connectivity index (χ1n) is 6.51. The van der Waals surface area contributed by atoms with E-state index >= 15 is 0 Å². The fourth-order valence-corrected chi connectivity index (χ4v) is 1.79. The lowest BCUT2D eigenvalue weighted by Crippen LogP contribution is -2.44. The fourth-order valence-electron chi connectivity index (χ4n) is 1.79. The van der Waals surface area contributed by atoms with Crippen LogP contribution in [0.25, 0.3) is 11.3 Å². The molecule has 1 aromatic heterocycles. The largest absolute Gasteiger partial charge is 0.443 e. The molecular formula is C15H20N4O. The Hall–Kier alpha value is -2.30. The van der Waals surface area contributed by atoms with E-state index in [1.807, 2.05) is 51.1 Å². The molecule has 20 heavy (non-hydrogen) atoms. The molecule has 5 nitrogen and oxygen atoms in total. The maximum Gasteiger partial charge on any atom is 0.189 e. The quantitative estimate of drug-likeness (QED) is 0.665. The minimum atomic E-state index is -0.111. The number of hydrogen-bond acceptors (Lipinski definition) is 3. The highest BCUT2D eigenvalue weighted by Gasteiger charge is 2.12. The number of benzene rings is 1. The molecule has 0 bridgehead atoms. The Balaban J connectivity index is 2.12. The Morgan fingerprint density at radius 1 is 1.30 bits per heavy atom. The van der Waals surface area contributed by atoms with Gasteiger partial charge in [0.25, 0.3) is 0 Å². The van der Waals surface area contributed by atoms with Crippen molar-refractivity contribution in [1.82, 2.24) is 10.3 Å². The summed E-state index contributed by atoms with van der Waals surface area (Å²) in [5.74, 6) is 1.14. The SMILES string of the molecule is CC(C)(C)NC(N)=NCc1ncoc1-c1ccccc1. The molecule has 0 saturated carbocycles. The van der Waals surface area contributed by atoms with E-state index in [9.17, 15) is 0 Å². The highest BCUT2D eigenvalue weighted by molar-refractivity contribution is 5.78. The van der Waals surface area contributed by atoms with Crippen molar-refractivity contribution in [2.75, 3.05) is 0 Å². The van der Waals surface area contributed by atoms with Gasteiger partial charge in [-0.05, 0) is 20.8 Å². The zero-order valence-corrected chi connectivity index (χ0v) is 12.1. The van der Waals surface area contributed by atoms with Crippen LogP contribution in [-0.2, 0) is 6.54 Å². The zero-order chi connectivity index (χ0) is 14.6. The van der Waals surface area contributed by atoms with Gasteiger partial charge in [0.2, 0.25) is 0 Å². The second-order valence-corrected chi connectivity index (χ2v) is 5.57. The molecule has 106 valence electrons. The average molecular weight is 272 g/mol. The molecule has 0 aliphatic carbocycles. The van der Waals surface area contributed by atoms with Crippen molar-refractivity contribution in [3.8, 4) is 11.3 Å². The van der Waals surface area contributed by atoms with Crippen LogP contribution in [0.1, 0.15) is 26.5 Å². The van der Waals surface area contributed by atoms with Gasteiger partial charge in [0.15, 0.2) is 18.1 Å². The van der Waals surface area contributed by atoms with Crippen LogP contribution in [0.3, 0.4) is 0 Å². The average Bonchev–Trinajstić information content (AvgIpc) is 2.83. The first kappa shape index (κ1) is 14.1. The van der Waals surface area contributed by atoms with Crippen molar-refractivity contribution in [1.29, 1.82) is 0 Å². The van der Waals surface area contributed by atoms with Crippen molar-refractivity contribution in [2.45, 2.75) is 32.9 Å². The van der Waals surface area contributed by atoms with Crippen molar-refractivity contribution in [3.05, 3.63) is 42.4 Å². The third-order valence-corrected chi connectivity index (χ3v) is 2.58. The van der Waals surface area contributed by atoms with Crippen LogP contribution in [0.5, 0.6) is 0 Å². The zero-order valence-electron chi connectivity index (χ0n) is 12.1. The summed E-state index contributed by atoms with van der Waals surface area (Å²) in [6, 6.07) is 9.83. The van der Waals surface area contributed by atoms with E-state index in [4.69, 9.17) is 10.2 Å². The number of nitrogens with one attached hydrogen (secondary N) is 1. The molecule has 0 atom stereocenters. The molecule has 0 aliphatic heterocycles. The summed E-state index contributed by atoms with van der Waals surface area (Å²) < 4.78 is 5.44. The van der Waals surface area contributed by atoms with Crippen LogP contribution in [-0.4, -0.2) is 16.5 Å². The molecule has 0 fully saturated rings. The van der Waals surface area contributed by atoms with Gasteiger partial charge in [0.1, 0.15) is 5.69 Å². The Morgan fingerprint density at radius 2 is 2.00 bits per heavy atom. The Kier molecular flexibility index (Phi) is 4.08. The first-order valence-corrected chi connectivity index (χ1v) is 6.51. The molecule has 0 amide bonds. The summed E-state index contributed by atoms with van der Waals surface area (Å²) in [5.41, 5.74) is 7.49. The lowest BCUT2D eigenvalue weighted by Gasteiger charge is -2.20. The summed E-state index contributed by atoms with van der Waals surface area (Å²) in [5, 5.41) is 3.11. The van der Waals surface area contributed by atoms with Crippen molar-refractivity contribution in [3.63, 3.8) is 0 Å². The molecule has 1 aromatic carbocycles. The predicted octanol–water partition coefficient (Wildman–Crippen LogP) is 2.54. The van der Waals surface area contributed by atoms with E-state index in [1.165, 1.54) is 6.39 Å². The van der Waals surface area contributed by atoms with Crippen LogP contribution in [0.15, 0.2) is 46.1 Å². The van der Waals surface area contributed by atoms with Gasteiger partial charge in [-0.15, -0.1) is 0 Å². The third-order valence-electron chi connectivity index (χ3n) is 2.58. The molecule has 0 saturated heterocycles. The molecule has 0 radical (unpaired) electrons. The van der Waals surface area contributed by atoms with Crippen molar-refractivity contribution >= 4 is 5.96 Å². The lowest BCUT2D eigenvalue weighted by atomic mass is 10.1. The van der Waals surface area contributed by atoms with E-state index in [0.717, 1.165) is 17.0 Å². The molecular weight excluding hydrogens is 252 g/mol. The smallest absolute Gasteiger partial charge is 0.189 e. The number of hydrogen-bond donors (Lipinski definition) is 2. The van der Waals surface area contributed by atoms with E-state index in [0.29, 0.717) is 12.5 Å². The minimum absolute atomic E-state index is 0.111. The summed E-state index contributed by atoms with van der Waals surface area (Å²) >= 11 is 0. The van der Waals surface area contributed by atoms with Gasteiger partial charge in [-0.1, -0.05) is 30.3 Å². The Labute approximate surface area is 118 Å². The predicted molar refractivity (Wildman–Crippen MR) is 80.2 cm³/mol. The molecule has 3 N–H and O–H groups in total. The van der Waals surface area contributed by atoms with Gasteiger partial charge in [-0.25, -0.2) is 9.98 Å². The summed E-state index contributed by atoms with van der Waals surface area (Å²) in [6.45, 7) is 6.47. The second kappa shape index (κ2) is 5.77. The molecule has 5 heteroatoms. The van der Waals surface area contributed by atoms with Gasteiger partial charge in [-0.2, -0.15) is 0 Å². The number of oxazole rings is 1. The minimum Gasteiger partial charge on any atom is -0.443 e. The number of aliphatic imine (C=N–C) groups is 1. The highest BCUT2D eigenvalue weighted by atomic mass is 16.3. The molecule has 2 rings (SSSR count). The van der Waals surface area contributed by atoms with Crippen LogP contribution in [0, 0.1) is 0 Å². The van der Waals surface area contributed by atoms with Gasteiger partial charge >= 0.3 is 0 Å². The molecule has 0 spiro atoms. The number of aromatic nitrogens is 1. The highest BCUT2D eigenvalue weighted by Crippen LogP contribution is 2.23. The summed E-state index contributed by atoms with van der Waals surface area (Å²) in [6.07, 6.45) is 1.43. The van der Waals surface area contributed by atoms with E-state index in [2.05, 4.69) is 15.3 Å². The van der Waals surface area contributed by atoms with Crippen LogP contribution in [0.2, 0.25) is 0 Å². The molecule has 0 aliphatic rings. The fraction of sp³-hybridized carbons (Fsp3) is 0.333. The molecule has 0 unspecified atom stereocenters. The van der Waals surface area contributed by atoms with Gasteiger partial charge < -0.3 is 15.5 Å². The number of rotatable bonds is 3. The van der Waals surface area contributed by atoms with Gasteiger partial charge in [0.05, 0.1) is 6.54 Å².